The topological polar surface area (TPSA) is 207 Å². The molecule has 4 aromatic rings. The largest absolute Gasteiger partial charge is 0.510 e. The molecule has 0 aliphatic heterocycles. The van der Waals surface area contributed by atoms with Gasteiger partial charge < -0.3 is 36.6 Å². The number of phenolic OH excluding ortho intramolecular Hbond substituents is 1. The van der Waals surface area contributed by atoms with E-state index in [-0.39, 0.29) is 11.3 Å². The molecular formula is C37H34N4O8S. The molecular weight excluding hydrogens is 660 g/mol. The van der Waals surface area contributed by atoms with Crippen molar-refractivity contribution in [2.75, 3.05) is 19.4 Å². The highest BCUT2D eigenvalue weighted by Crippen LogP contribution is 2.56. The van der Waals surface area contributed by atoms with Crippen LogP contribution in [0.25, 0.3) is 22.4 Å². The lowest BCUT2D eigenvalue weighted by Gasteiger charge is -2.53. The fourth-order valence-electron chi connectivity index (χ4n) is 7.77. The number of amides is 1. The van der Waals surface area contributed by atoms with Crippen molar-refractivity contribution in [3.05, 3.63) is 106 Å². The van der Waals surface area contributed by atoms with E-state index in [1.807, 2.05) is 60.0 Å². The molecule has 0 spiro atoms. The van der Waals surface area contributed by atoms with E-state index >= 15 is 0 Å². The van der Waals surface area contributed by atoms with Gasteiger partial charge in [-0.25, -0.2) is 4.98 Å². The fraction of sp³-hybridized carbons (Fsp3) is 0.243. The number of ketones is 2. The molecule has 0 unspecified atom stereocenters. The van der Waals surface area contributed by atoms with Crippen LogP contribution < -0.4 is 11.1 Å². The van der Waals surface area contributed by atoms with Gasteiger partial charge in [-0.1, -0.05) is 67.6 Å². The minimum Gasteiger partial charge on any atom is -0.510 e. The molecule has 1 aromatic heterocycles. The predicted molar refractivity (Wildman–Crippen MR) is 186 cm³/mol. The molecule has 12 nitrogen and oxygen atoms in total. The zero-order chi connectivity index (χ0) is 35.8. The minimum absolute atomic E-state index is 0.140. The van der Waals surface area contributed by atoms with Crippen LogP contribution in [0.4, 0.5) is 10.8 Å². The molecule has 3 aliphatic rings. The second-order valence-corrected chi connectivity index (χ2v) is 13.9. The Hall–Kier alpha value is -5.34. The zero-order valence-corrected chi connectivity index (χ0v) is 28.0. The third-order valence-electron chi connectivity index (χ3n) is 10.2. The average molecular weight is 695 g/mol. The van der Waals surface area contributed by atoms with Crippen molar-refractivity contribution in [1.29, 1.82) is 0 Å². The van der Waals surface area contributed by atoms with Crippen molar-refractivity contribution >= 4 is 39.6 Å². The van der Waals surface area contributed by atoms with Crippen LogP contribution >= 0.6 is 11.3 Å². The number of primary amides is 1. The van der Waals surface area contributed by atoms with Crippen molar-refractivity contribution in [3.8, 4) is 28.1 Å². The number of carbonyl (C=O) groups excluding carboxylic acids is 3. The van der Waals surface area contributed by atoms with Crippen LogP contribution in [0.3, 0.4) is 0 Å². The number of fused-ring (bicyclic) bond motifs is 3. The average Bonchev–Trinajstić information content (AvgIpc) is 3.56. The number of Topliss-reactive ketones (excluding diaryl/α,β-unsaturated/α-hetero) is 2. The first-order chi connectivity index (χ1) is 23.8. The molecule has 0 saturated heterocycles. The Bertz CT molecular complexity index is 2140. The van der Waals surface area contributed by atoms with Gasteiger partial charge in [-0.2, -0.15) is 0 Å². The van der Waals surface area contributed by atoms with E-state index in [2.05, 4.69) is 10.3 Å². The van der Waals surface area contributed by atoms with E-state index in [9.17, 15) is 39.9 Å². The summed E-state index contributed by atoms with van der Waals surface area (Å²) < 4.78 is 0. The van der Waals surface area contributed by atoms with Crippen LogP contribution in [0.2, 0.25) is 0 Å². The number of aliphatic hydroxyl groups is 4. The maximum Gasteiger partial charge on any atom is 0.255 e. The number of likely N-dealkylation sites (N-methyl/N-ethyl adjacent to an activating group) is 1. The van der Waals surface area contributed by atoms with Gasteiger partial charge in [0.1, 0.15) is 17.1 Å². The zero-order valence-electron chi connectivity index (χ0n) is 27.2. The maximum atomic E-state index is 14.2. The van der Waals surface area contributed by atoms with Crippen LogP contribution in [0.15, 0.2) is 94.8 Å². The van der Waals surface area contributed by atoms with E-state index in [4.69, 9.17) is 5.73 Å². The third-order valence-corrected chi connectivity index (χ3v) is 10.9. The number of nitrogens with two attached hydrogens (primary N) is 1. The van der Waals surface area contributed by atoms with Gasteiger partial charge in [0.15, 0.2) is 22.3 Å². The first kappa shape index (κ1) is 33.2. The third kappa shape index (κ3) is 4.76. The van der Waals surface area contributed by atoms with Crippen LogP contribution in [0, 0.1) is 11.8 Å². The van der Waals surface area contributed by atoms with Crippen molar-refractivity contribution in [2.45, 2.75) is 30.6 Å². The Morgan fingerprint density at radius 2 is 1.60 bits per heavy atom. The molecule has 3 aliphatic carbocycles. The SMILES string of the molecule is C[C@H]1c2ccc(Nc3nc(-c4ccc(-c5ccccc5)cc4)cs3)c(O)c2C(=O)C2=C(O)[C@]3(O)C(=O)C(C(N)=O)=C(O)[C@@H](N(C)C)[C@H]3[C@H](O)[C@H]21. The predicted octanol–water partition coefficient (Wildman–Crippen LogP) is 4.19. The number of thiazole rings is 1. The standard InChI is InChI=1S/C37H34N4O8S/c1-16-20-13-14-21(39-36-40-22(15-50-36)19-11-9-18(10-12-19)17-7-5-4-6-8-17)29(42)24(20)30(43)25-23(16)31(44)27-28(41(2)3)32(45)26(35(38)48)34(47)37(27,49)33(25)46/h4-16,23,27-28,31,42,44-46,49H,1-3H3,(H2,38,48)(H,39,40)/t16-,23-,27-,28-,31+,37-/m0/s1. The summed E-state index contributed by atoms with van der Waals surface area (Å²) in [6.07, 6.45) is -1.67. The monoisotopic (exact) mass is 694 g/mol. The Kier molecular flexibility index (Phi) is 7.90. The van der Waals surface area contributed by atoms with Gasteiger partial charge in [-0.15, -0.1) is 11.3 Å². The van der Waals surface area contributed by atoms with E-state index in [1.165, 1.54) is 30.3 Å². The maximum absolute atomic E-state index is 14.2. The van der Waals surface area contributed by atoms with E-state index < -0.39 is 81.4 Å². The van der Waals surface area contributed by atoms with E-state index in [0.717, 1.165) is 16.7 Å². The molecule has 1 amide bonds. The second-order valence-electron chi connectivity index (χ2n) is 13.1. The summed E-state index contributed by atoms with van der Waals surface area (Å²) >= 11 is 1.29. The molecule has 0 fully saturated rings. The van der Waals surface area contributed by atoms with Crippen molar-refractivity contribution in [1.82, 2.24) is 9.88 Å². The molecule has 7 rings (SSSR count). The molecule has 0 radical (unpaired) electrons. The molecule has 1 heterocycles. The van der Waals surface area contributed by atoms with Gasteiger partial charge in [-0.05, 0) is 42.8 Å². The van der Waals surface area contributed by atoms with Gasteiger partial charge >= 0.3 is 0 Å². The normalized spacial score (nSPS) is 26.1. The van der Waals surface area contributed by atoms with Crippen LogP contribution in [-0.4, -0.2) is 84.7 Å². The highest BCUT2D eigenvalue weighted by molar-refractivity contribution is 7.14. The summed E-state index contributed by atoms with van der Waals surface area (Å²) in [5.74, 6) is -9.42. The number of hydrogen-bond acceptors (Lipinski definition) is 12. The van der Waals surface area contributed by atoms with Gasteiger partial charge in [0.2, 0.25) is 5.78 Å². The van der Waals surface area contributed by atoms with Gasteiger partial charge in [-0.3, -0.25) is 19.3 Å². The molecule has 6 atom stereocenters. The Balaban J connectivity index is 1.24. The number of aromatic nitrogens is 1. The van der Waals surface area contributed by atoms with Gasteiger partial charge in [0, 0.05) is 22.4 Å². The number of phenols is 1. The smallest absolute Gasteiger partial charge is 0.255 e. The molecule has 0 bridgehead atoms. The lowest BCUT2D eigenvalue weighted by atomic mass is 9.55. The molecule has 50 heavy (non-hydrogen) atoms. The number of aliphatic hydroxyl groups excluding tert-OH is 3. The van der Waals surface area contributed by atoms with E-state index in [1.54, 1.807) is 19.1 Å². The van der Waals surface area contributed by atoms with Crippen molar-refractivity contribution < 1.29 is 39.9 Å². The lowest BCUT2D eigenvalue weighted by Crippen LogP contribution is -2.68. The molecule has 8 N–H and O–H groups in total. The van der Waals surface area contributed by atoms with Crippen LogP contribution in [-0.2, 0) is 9.59 Å². The van der Waals surface area contributed by atoms with Crippen molar-refractivity contribution in [2.24, 2.45) is 17.6 Å². The Morgan fingerprint density at radius 3 is 2.24 bits per heavy atom. The summed E-state index contributed by atoms with van der Waals surface area (Å²) in [6, 6.07) is 19.8. The first-order valence-electron chi connectivity index (χ1n) is 15.8. The molecule has 256 valence electrons. The highest BCUT2D eigenvalue weighted by Gasteiger charge is 2.67. The number of hydrogen-bond donors (Lipinski definition) is 7. The summed E-state index contributed by atoms with van der Waals surface area (Å²) in [6.45, 7) is 1.68. The van der Waals surface area contributed by atoms with Crippen LogP contribution in [0.1, 0.15) is 28.8 Å². The number of anilines is 2. The summed E-state index contributed by atoms with van der Waals surface area (Å²) in [5.41, 5.74) is 5.04. The van der Waals surface area contributed by atoms with Crippen LogP contribution in [0.5, 0.6) is 5.75 Å². The number of nitrogens with one attached hydrogen (secondary N) is 1. The molecule has 3 aromatic carbocycles. The molecule has 13 heteroatoms. The highest BCUT2D eigenvalue weighted by atomic mass is 32.1. The Labute approximate surface area is 290 Å². The quantitative estimate of drug-likeness (QED) is 0.113. The fourth-order valence-corrected chi connectivity index (χ4v) is 8.50. The van der Waals surface area contributed by atoms with Gasteiger partial charge in [0.25, 0.3) is 5.91 Å². The summed E-state index contributed by atoms with van der Waals surface area (Å²) in [7, 11) is 2.98. The summed E-state index contributed by atoms with van der Waals surface area (Å²) in [5, 5.41) is 63.1. The number of aromatic hydroxyl groups is 1. The van der Waals surface area contributed by atoms with E-state index in [0.29, 0.717) is 16.4 Å². The first-order valence-corrected chi connectivity index (χ1v) is 16.7. The Morgan fingerprint density at radius 1 is 0.960 bits per heavy atom. The van der Waals surface area contributed by atoms with Crippen molar-refractivity contribution in [3.63, 3.8) is 0 Å². The minimum atomic E-state index is -2.98. The number of carbonyl (C=O) groups is 3. The summed E-state index contributed by atoms with van der Waals surface area (Å²) in [4.78, 5) is 46.1. The second kappa shape index (κ2) is 11.9. The number of nitrogens with zero attached hydrogens (tertiary/aromatic N) is 2. The molecule has 0 saturated carbocycles. The van der Waals surface area contributed by atoms with Gasteiger partial charge in [0.05, 0.1) is 35.0 Å². The lowest BCUT2D eigenvalue weighted by molar-refractivity contribution is -0.162. The number of benzene rings is 3. The number of rotatable bonds is 6.